The van der Waals surface area contributed by atoms with Gasteiger partial charge in [0.25, 0.3) is 0 Å². The van der Waals surface area contributed by atoms with Crippen LogP contribution in [0.3, 0.4) is 0 Å². The van der Waals surface area contributed by atoms with Gasteiger partial charge in [0.15, 0.2) is 0 Å². The number of carbonyl (C=O) groups excluding carboxylic acids is 2. The summed E-state index contributed by atoms with van der Waals surface area (Å²) in [6.07, 6.45) is -2.73. The van der Waals surface area contributed by atoms with Crippen molar-refractivity contribution in [2.45, 2.75) is 32.5 Å². The molecule has 0 saturated carbocycles. The van der Waals surface area contributed by atoms with E-state index in [1.54, 1.807) is 20.0 Å². The third-order valence-corrected chi connectivity index (χ3v) is 3.72. The Bertz CT molecular complexity index is 753. The molecule has 1 atom stereocenters. The lowest BCUT2D eigenvalue weighted by atomic mass is 10.0. The highest BCUT2D eigenvalue weighted by molar-refractivity contribution is 5.90. The second-order valence-electron chi connectivity index (χ2n) is 6.11. The van der Waals surface area contributed by atoms with Crippen molar-refractivity contribution in [3.8, 4) is 0 Å². The molecule has 0 bridgehead atoms. The van der Waals surface area contributed by atoms with Gasteiger partial charge in [-0.2, -0.15) is 13.2 Å². The van der Waals surface area contributed by atoms with Crippen LogP contribution in [0.5, 0.6) is 0 Å². The highest BCUT2D eigenvalue weighted by atomic mass is 19.4. The van der Waals surface area contributed by atoms with Crippen molar-refractivity contribution in [3.05, 3.63) is 36.0 Å². The van der Waals surface area contributed by atoms with E-state index in [1.807, 2.05) is 29.6 Å². The number of fused-ring (bicyclic) bond motifs is 1. The van der Waals surface area contributed by atoms with Crippen molar-refractivity contribution in [2.24, 2.45) is 5.92 Å². The first-order valence-electron chi connectivity index (χ1n) is 7.87. The van der Waals surface area contributed by atoms with Crippen LogP contribution in [0.2, 0.25) is 0 Å². The molecule has 25 heavy (non-hydrogen) atoms. The summed E-state index contributed by atoms with van der Waals surface area (Å²) >= 11 is 0. The molecule has 1 aromatic carbocycles. The molecule has 8 heteroatoms. The quantitative estimate of drug-likeness (QED) is 0.745. The number of para-hydroxylation sites is 1. The lowest BCUT2D eigenvalue weighted by Crippen LogP contribution is -2.50. The number of aromatic nitrogens is 1. The fourth-order valence-corrected chi connectivity index (χ4v) is 2.38. The van der Waals surface area contributed by atoms with Gasteiger partial charge in [-0.05, 0) is 11.6 Å². The van der Waals surface area contributed by atoms with Crippen molar-refractivity contribution in [2.75, 3.05) is 6.54 Å². The summed E-state index contributed by atoms with van der Waals surface area (Å²) < 4.78 is 37.0. The van der Waals surface area contributed by atoms with Gasteiger partial charge in [0.05, 0.1) is 0 Å². The molecule has 0 radical (unpaired) electrons. The number of rotatable bonds is 6. The first kappa shape index (κ1) is 18.8. The monoisotopic (exact) mass is 355 g/mol. The van der Waals surface area contributed by atoms with Crippen LogP contribution in [0.25, 0.3) is 10.9 Å². The Hall–Kier alpha value is -2.51. The maximum Gasteiger partial charge on any atom is 0.405 e. The third kappa shape index (κ3) is 5.23. The zero-order valence-corrected chi connectivity index (χ0v) is 13.9. The van der Waals surface area contributed by atoms with Gasteiger partial charge in [-0.15, -0.1) is 0 Å². The number of halogens is 3. The highest BCUT2D eigenvalue weighted by Crippen LogP contribution is 2.19. The molecule has 2 aromatic rings. The number of hydrogen-bond donors (Lipinski definition) is 3. The number of H-pyrrole nitrogens is 1. The molecular weight excluding hydrogens is 335 g/mol. The smallest absolute Gasteiger partial charge is 0.361 e. The first-order chi connectivity index (χ1) is 11.7. The number of hydrogen-bond acceptors (Lipinski definition) is 2. The summed E-state index contributed by atoms with van der Waals surface area (Å²) in [7, 11) is 0. The van der Waals surface area contributed by atoms with Crippen LogP contribution in [0.1, 0.15) is 19.4 Å². The van der Waals surface area contributed by atoms with Crippen LogP contribution >= 0.6 is 0 Å². The summed E-state index contributed by atoms with van der Waals surface area (Å²) in [5.41, 5.74) is 1.59. The fourth-order valence-electron chi connectivity index (χ4n) is 2.38. The molecule has 0 aliphatic heterocycles. The number of aromatic amines is 1. The molecule has 0 saturated heterocycles. The summed E-state index contributed by atoms with van der Waals surface area (Å²) in [5.74, 6) is -1.65. The molecule has 2 rings (SSSR count). The Morgan fingerprint density at radius 3 is 2.48 bits per heavy atom. The minimum Gasteiger partial charge on any atom is -0.361 e. The number of nitrogens with one attached hydrogen (secondary N) is 3. The van der Waals surface area contributed by atoms with Gasteiger partial charge in [0, 0.05) is 29.4 Å². The Morgan fingerprint density at radius 1 is 1.16 bits per heavy atom. The van der Waals surface area contributed by atoms with E-state index >= 15 is 0 Å². The highest BCUT2D eigenvalue weighted by Gasteiger charge is 2.30. The van der Waals surface area contributed by atoms with Crippen LogP contribution in [-0.4, -0.2) is 35.6 Å². The number of carbonyl (C=O) groups is 2. The first-order valence-corrected chi connectivity index (χ1v) is 7.87. The molecule has 0 aliphatic carbocycles. The maximum atomic E-state index is 12.3. The molecule has 1 heterocycles. The van der Waals surface area contributed by atoms with E-state index in [1.165, 1.54) is 0 Å². The van der Waals surface area contributed by atoms with Crippen molar-refractivity contribution in [1.82, 2.24) is 15.6 Å². The summed E-state index contributed by atoms with van der Waals surface area (Å²) in [6, 6.07) is 6.28. The van der Waals surface area contributed by atoms with Crippen LogP contribution in [0.15, 0.2) is 30.5 Å². The predicted molar refractivity (Wildman–Crippen MR) is 87.8 cm³/mol. The molecule has 0 fully saturated rings. The lowest BCUT2D eigenvalue weighted by molar-refractivity contribution is -0.140. The molecule has 1 aromatic heterocycles. The largest absolute Gasteiger partial charge is 0.405 e. The SMILES string of the molecule is CC(C)C(=O)NC(Cc1c[nH]c2ccccc12)C(=O)NCC(F)(F)F. The van der Waals surface area contributed by atoms with Gasteiger partial charge in [0.1, 0.15) is 12.6 Å². The standard InChI is InChI=1S/C17H20F3N3O2/c1-10(2)15(24)23-14(16(25)22-9-17(18,19)20)7-11-8-21-13-6-4-3-5-12(11)13/h3-6,8,10,14,21H,7,9H2,1-2H3,(H,22,25)(H,23,24). The summed E-state index contributed by atoms with van der Waals surface area (Å²) in [4.78, 5) is 27.1. The van der Waals surface area contributed by atoms with Crippen LogP contribution in [0.4, 0.5) is 13.2 Å². The van der Waals surface area contributed by atoms with Crippen LogP contribution < -0.4 is 10.6 Å². The molecule has 3 N–H and O–H groups in total. The van der Waals surface area contributed by atoms with E-state index in [4.69, 9.17) is 0 Å². The molecule has 0 aliphatic rings. The topological polar surface area (TPSA) is 74.0 Å². The van der Waals surface area contributed by atoms with Gasteiger partial charge >= 0.3 is 6.18 Å². The van der Waals surface area contributed by atoms with Gasteiger partial charge in [0.2, 0.25) is 11.8 Å². The van der Waals surface area contributed by atoms with Gasteiger partial charge in [-0.25, -0.2) is 0 Å². The Balaban J connectivity index is 2.18. The Labute approximate surface area is 143 Å². The second-order valence-corrected chi connectivity index (χ2v) is 6.11. The third-order valence-electron chi connectivity index (χ3n) is 3.72. The Morgan fingerprint density at radius 2 is 1.84 bits per heavy atom. The van der Waals surface area contributed by atoms with Crippen molar-refractivity contribution >= 4 is 22.7 Å². The minimum absolute atomic E-state index is 0.0894. The molecular formula is C17H20F3N3O2. The maximum absolute atomic E-state index is 12.3. The number of benzene rings is 1. The Kier molecular flexibility index (Phi) is 5.71. The average molecular weight is 355 g/mol. The van der Waals surface area contributed by atoms with E-state index < -0.39 is 30.6 Å². The zero-order chi connectivity index (χ0) is 18.6. The number of amides is 2. The van der Waals surface area contributed by atoms with E-state index in [2.05, 4.69) is 10.3 Å². The molecule has 5 nitrogen and oxygen atoms in total. The molecule has 136 valence electrons. The zero-order valence-electron chi connectivity index (χ0n) is 13.9. The van der Waals surface area contributed by atoms with Crippen molar-refractivity contribution in [1.29, 1.82) is 0 Å². The van der Waals surface area contributed by atoms with Crippen LogP contribution in [-0.2, 0) is 16.0 Å². The molecule has 1 unspecified atom stereocenters. The number of alkyl halides is 3. The van der Waals surface area contributed by atoms with Gasteiger partial charge in [-0.3, -0.25) is 9.59 Å². The fraction of sp³-hybridized carbons (Fsp3) is 0.412. The second kappa shape index (κ2) is 7.58. The summed E-state index contributed by atoms with van der Waals surface area (Å²) in [5, 5.41) is 5.22. The molecule has 2 amide bonds. The van der Waals surface area contributed by atoms with E-state index in [-0.39, 0.29) is 12.3 Å². The van der Waals surface area contributed by atoms with E-state index in [9.17, 15) is 22.8 Å². The minimum atomic E-state index is -4.51. The van der Waals surface area contributed by atoms with Crippen LogP contribution in [0, 0.1) is 5.92 Å². The van der Waals surface area contributed by atoms with Gasteiger partial charge in [-0.1, -0.05) is 32.0 Å². The van der Waals surface area contributed by atoms with Gasteiger partial charge < -0.3 is 15.6 Å². The van der Waals surface area contributed by atoms with Crippen molar-refractivity contribution in [3.63, 3.8) is 0 Å². The van der Waals surface area contributed by atoms with Crippen molar-refractivity contribution < 1.29 is 22.8 Å². The summed E-state index contributed by atoms with van der Waals surface area (Å²) in [6.45, 7) is 1.85. The molecule has 0 spiro atoms. The average Bonchev–Trinajstić information content (AvgIpc) is 2.94. The van der Waals surface area contributed by atoms with E-state index in [0.717, 1.165) is 16.5 Å². The van der Waals surface area contributed by atoms with E-state index in [0.29, 0.717) is 0 Å². The lowest BCUT2D eigenvalue weighted by Gasteiger charge is -2.20. The predicted octanol–water partition coefficient (Wildman–Crippen LogP) is 2.53. The normalized spacial score (nSPS) is 13.0.